The normalized spacial score (nSPS) is 11.7. The van der Waals surface area contributed by atoms with Crippen molar-refractivity contribution in [3.8, 4) is 11.4 Å². The minimum atomic E-state index is -0.508. The van der Waals surface area contributed by atoms with E-state index in [1.807, 2.05) is 34.6 Å². The second-order valence-corrected chi connectivity index (χ2v) is 6.40. The molecule has 1 amide bonds. The van der Waals surface area contributed by atoms with Gasteiger partial charge in [-0.1, -0.05) is 0 Å². The van der Waals surface area contributed by atoms with Gasteiger partial charge < -0.3 is 10.7 Å². The van der Waals surface area contributed by atoms with Gasteiger partial charge in [-0.25, -0.2) is 9.67 Å². The molecule has 2 heterocycles. The van der Waals surface area contributed by atoms with Crippen molar-refractivity contribution >= 4 is 5.91 Å². The molecule has 0 saturated carbocycles. The summed E-state index contributed by atoms with van der Waals surface area (Å²) in [5.41, 5.74) is 6.79. The number of carbonyl (C=O) groups excluding carboxylic acids is 1. The van der Waals surface area contributed by atoms with Crippen molar-refractivity contribution in [3.05, 3.63) is 33.5 Å². The predicted octanol–water partition coefficient (Wildman–Crippen LogP) is 1.03. The van der Waals surface area contributed by atoms with Gasteiger partial charge in [0, 0.05) is 5.69 Å². The zero-order valence-corrected chi connectivity index (χ0v) is 13.5. The molecule has 0 aliphatic heterocycles. The van der Waals surface area contributed by atoms with Gasteiger partial charge in [0.25, 0.3) is 5.56 Å². The largest absolute Gasteiger partial charge is 0.369 e. The summed E-state index contributed by atoms with van der Waals surface area (Å²) in [6.07, 6.45) is -0.0567. The highest BCUT2D eigenvalue weighted by Gasteiger charge is 2.24. The van der Waals surface area contributed by atoms with Crippen LogP contribution < -0.4 is 11.3 Å². The van der Waals surface area contributed by atoms with Crippen molar-refractivity contribution in [1.82, 2.24) is 19.7 Å². The van der Waals surface area contributed by atoms with Crippen molar-refractivity contribution < 1.29 is 4.79 Å². The van der Waals surface area contributed by atoms with E-state index < -0.39 is 5.91 Å². The van der Waals surface area contributed by atoms with E-state index in [-0.39, 0.29) is 17.5 Å². The smallest absolute Gasteiger partial charge is 0.259 e. The van der Waals surface area contributed by atoms with E-state index in [1.165, 1.54) is 0 Å². The molecule has 2 rings (SSSR count). The summed E-state index contributed by atoms with van der Waals surface area (Å²) in [6, 6.07) is 1.79. The Morgan fingerprint density at radius 1 is 1.36 bits per heavy atom. The van der Waals surface area contributed by atoms with Crippen molar-refractivity contribution in [1.29, 1.82) is 0 Å². The van der Waals surface area contributed by atoms with E-state index in [0.29, 0.717) is 17.2 Å². The highest BCUT2D eigenvalue weighted by Crippen LogP contribution is 2.23. The maximum atomic E-state index is 12.3. The molecule has 0 atom stereocenters. The third-order valence-corrected chi connectivity index (χ3v) is 3.36. The van der Waals surface area contributed by atoms with Crippen LogP contribution in [-0.4, -0.2) is 25.7 Å². The third kappa shape index (κ3) is 3.08. The zero-order valence-electron chi connectivity index (χ0n) is 13.5. The Labute approximate surface area is 128 Å². The molecule has 3 N–H and O–H groups in total. The topological polar surface area (TPSA) is 107 Å². The molecule has 0 saturated heterocycles. The number of primary amides is 1. The average molecular weight is 303 g/mol. The van der Waals surface area contributed by atoms with Gasteiger partial charge in [0.2, 0.25) is 5.91 Å². The van der Waals surface area contributed by atoms with E-state index in [2.05, 4.69) is 15.1 Å². The number of hydrogen-bond acceptors (Lipinski definition) is 4. The maximum absolute atomic E-state index is 12.3. The minimum Gasteiger partial charge on any atom is -0.369 e. The van der Waals surface area contributed by atoms with Gasteiger partial charge in [-0.15, -0.1) is 0 Å². The number of aromatic nitrogens is 4. The lowest BCUT2D eigenvalue weighted by atomic mass is 10.1. The van der Waals surface area contributed by atoms with Crippen LogP contribution >= 0.6 is 0 Å². The molecule has 118 valence electrons. The second kappa shape index (κ2) is 5.40. The molecule has 0 fully saturated rings. The number of hydrogen-bond donors (Lipinski definition) is 2. The van der Waals surface area contributed by atoms with E-state index in [1.54, 1.807) is 10.7 Å². The Morgan fingerprint density at radius 3 is 2.55 bits per heavy atom. The lowest BCUT2D eigenvalue weighted by molar-refractivity contribution is -0.117. The standard InChI is InChI=1S/C15H21N5O2/c1-8-6-10(14(22)17-9(8)2)13-18-12(7-11(16)21)19-20(13)15(3,4)5/h6H,7H2,1-5H3,(H2,16,21)(H,17,22). The zero-order chi connectivity index (χ0) is 16.7. The number of nitrogens with two attached hydrogens (primary N) is 1. The minimum absolute atomic E-state index is 0.0567. The monoisotopic (exact) mass is 303 g/mol. The SMILES string of the molecule is Cc1cc(-c2nc(CC(N)=O)nn2C(C)(C)C)c(=O)[nH]c1C. The van der Waals surface area contributed by atoms with Crippen LogP contribution in [0.1, 0.15) is 37.9 Å². The number of carbonyl (C=O) groups is 1. The van der Waals surface area contributed by atoms with Gasteiger partial charge in [0.15, 0.2) is 11.6 Å². The maximum Gasteiger partial charge on any atom is 0.259 e. The fourth-order valence-corrected chi connectivity index (χ4v) is 2.12. The van der Waals surface area contributed by atoms with Gasteiger partial charge in [-0.2, -0.15) is 5.10 Å². The average Bonchev–Trinajstić information content (AvgIpc) is 2.76. The van der Waals surface area contributed by atoms with E-state index >= 15 is 0 Å². The number of pyridine rings is 1. The fourth-order valence-electron chi connectivity index (χ4n) is 2.12. The van der Waals surface area contributed by atoms with Crippen LogP contribution in [0.3, 0.4) is 0 Å². The van der Waals surface area contributed by atoms with Crippen LogP contribution in [0.25, 0.3) is 11.4 Å². The van der Waals surface area contributed by atoms with Crippen molar-refractivity contribution in [3.63, 3.8) is 0 Å². The third-order valence-electron chi connectivity index (χ3n) is 3.36. The summed E-state index contributed by atoms with van der Waals surface area (Å²) >= 11 is 0. The summed E-state index contributed by atoms with van der Waals surface area (Å²) in [4.78, 5) is 30.5. The molecule has 0 spiro atoms. The molecule has 0 unspecified atom stereocenters. The Bertz CT molecular complexity index is 780. The number of rotatable bonds is 3. The number of nitrogens with zero attached hydrogens (tertiary/aromatic N) is 3. The fraction of sp³-hybridized carbons (Fsp3) is 0.467. The molecular formula is C15H21N5O2. The Hall–Kier alpha value is -2.44. The van der Waals surface area contributed by atoms with Crippen LogP contribution in [0, 0.1) is 13.8 Å². The van der Waals surface area contributed by atoms with E-state index in [9.17, 15) is 9.59 Å². The van der Waals surface area contributed by atoms with Gasteiger partial charge in [0.05, 0.1) is 17.5 Å². The van der Waals surface area contributed by atoms with Crippen molar-refractivity contribution in [2.24, 2.45) is 5.73 Å². The molecule has 0 bridgehead atoms. The molecule has 7 nitrogen and oxygen atoms in total. The summed E-state index contributed by atoms with van der Waals surface area (Å²) in [5.74, 6) is 0.245. The number of H-pyrrole nitrogens is 1. The first-order valence-corrected chi connectivity index (χ1v) is 7.05. The highest BCUT2D eigenvalue weighted by atomic mass is 16.1. The Morgan fingerprint density at radius 2 is 2.00 bits per heavy atom. The van der Waals surface area contributed by atoms with Gasteiger partial charge >= 0.3 is 0 Å². The van der Waals surface area contributed by atoms with E-state index in [0.717, 1.165) is 11.3 Å². The molecular weight excluding hydrogens is 282 g/mol. The molecule has 0 radical (unpaired) electrons. The molecule has 0 aliphatic carbocycles. The molecule has 0 aliphatic rings. The Kier molecular flexibility index (Phi) is 3.91. The molecule has 2 aromatic heterocycles. The van der Waals surface area contributed by atoms with Crippen molar-refractivity contribution in [2.75, 3.05) is 0 Å². The summed E-state index contributed by atoms with van der Waals surface area (Å²) in [6.45, 7) is 9.61. The van der Waals surface area contributed by atoms with Gasteiger partial charge in [-0.05, 0) is 46.2 Å². The van der Waals surface area contributed by atoms with Gasteiger partial charge in [0.1, 0.15) is 0 Å². The molecule has 0 aromatic carbocycles. The van der Waals surface area contributed by atoms with Crippen LogP contribution in [0.15, 0.2) is 10.9 Å². The lowest BCUT2D eigenvalue weighted by Crippen LogP contribution is -2.26. The van der Waals surface area contributed by atoms with Crippen molar-refractivity contribution in [2.45, 2.75) is 46.6 Å². The number of aromatic amines is 1. The first-order chi connectivity index (χ1) is 10.1. The first kappa shape index (κ1) is 15.9. The summed E-state index contributed by atoms with van der Waals surface area (Å²) in [5, 5.41) is 4.34. The van der Waals surface area contributed by atoms with Crippen LogP contribution in [-0.2, 0) is 16.8 Å². The quantitative estimate of drug-likeness (QED) is 0.883. The van der Waals surface area contributed by atoms with Crippen LogP contribution in [0.4, 0.5) is 0 Å². The van der Waals surface area contributed by atoms with Crippen LogP contribution in [0.2, 0.25) is 0 Å². The molecule has 2 aromatic rings. The second-order valence-electron chi connectivity index (χ2n) is 6.40. The Balaban J connectivity index is 2.68. The van der Waals surface area contributed by atoms with Gasteiger partial charge in [-0.3, -0.25) is 9.59 Å². The van der Waals surface area contributed by atoms with Crippen LogP contribution in [0.5, 0.6) is 0 Å². The predicted molar refractivity (Wildman–Crippen MR) is 83.4 cm³/mol. The summed E-state index contributed by atoms with van der Waals surface area (Å²) in [7, 11) is 0. The lowest BCUT2D eigenvalue weighted by Gasteiger charge is -2.21. The highest BCUT2D eigenvalue weighted by molar-refractivity contribution is 5.75. The molecule has 22 heavy (non-hydrogen) atoms. The molecule has 7 heteroatoms. The number of nitrogens with one attached hydrogen (secondary N) is 1. The van der Waals surface area contributed by atoms with E-state index in [4.69, 9.17) is 5.73 Å². The summed E-state index contributed by atoms with van der Waals surface area (Å²) < 4.78 is 1.66. The number of amides is 1. The number of aryl methyl sites for hydroxylation is 2. The first-order valence-electron chi connectivity index (χ1n) is 7.05.